The molecule has 0 radical (unpaired) electrons. The van der Waals surface area contributed by atoms with E-state index in [4.69, 9.17) is 24.1 Å². The van der Waals surface area contributed by atoms with Gasteiger partial charge in [-0.05, 0) is 37.1 Å². The second kappa shape index (κ2) is 11.6. The van der Waals surface area contributed by atoms with Gasteiger partial charge in [0.25, 0.3) is 0 Å². The van der Waals surface area contributed by atoms with Crippen molar-refractivity contribution in [3.8, 4) is 0 Å². The van der Waals surface area contributed by atoms with Crippen LogP contribution in [0, 0.1) is 5.92 Å². The second-order valence-electron chi connectivity index (χ2n) is 8.03. The lowest BCUT2D eigenvalue weighted by Crippen LogP contribution is -2.35. The molecule has 2 rings (SSSR count). The summed E-state index contributed by atoms with van der Waals surface area (Å²) in [4.78, 5) is 48.0. The Kier molecular flexibility index (Phi) is 9.16. The summed E-state index contributed by atoms with van der Waals surface area (Å²) in [5.41, 5.74) is 1.61. The third-order valence-electron chi connectivity index (χ3n) is 5.43. The van der Waals surface area contributed by atoms with Gasteiger partial charge in [0.05, 0.1) is 12.5 Å². The Bertz CT molecular complexity index is 909. The molecule has 1 N–H and O–H groups in total. The van der Waals surface area contributed by atoms with Gasteiger partial charge < -0.3 is 24.1 Å². The number of ether oxygens (including phenoxy) is 4. The van der Waals surface area contributed by atoms with Crippen molar-refractivity contribution in [1.82, 2.24) is 0 Å². The first-order chi connectivity index (χ1) is 15.5. The van der Waals surface area contributed by atoms with Gasteiger partial charge in [0, 0.05) is 37.8 Å². The van der Waals surface area contributed by atoms with Crippen LogP contribution in [-0.2, 0) is 38.1 Å². The number of carbonyl (C=O) groups is 4. The molecule has 9 nitrogen and oxygen atoms in total. The van der Waals surface area contributed by atoms with E-state index in [-0.39, 0.29) is 37.2 Å². The van der Waals surface area contributed by atoms with E-state index < -0.39 is 48.1 Å². The minimum Gasteiger partial charge on any atom is -0.461 e. The molecule has 0 unspecified atom stereocenters. The molecule has 0 aromatic heterocycles. The first-order valence-electron chi connectivity index (χ1n) is 10.6. The van der Waals surface area contributed by atoms with Crippen molar-refractivity contribution in [2.75, 3.05) is 13.2 Å². The number of fused-ring (bicyclic) bond motifs is 1. The van der Waals surface area contributed by atoms with Gasteiger partial charge in [-0.25, -0.2) is 9.59 Å². The van der Waals surface area contributed by atoms with E-state index in [9.17, 15) is 19.2 Å². The van der Waals surface area contributed by atoms with Gasteiger partial charge in [0.2, 0.25) is 0 Å². The van der Waals surface area contributed by atoms with Crippen LogP contribution in [0.15, 0.2) is 47.1 Å². The van der Waals surface area contributed by atoms with Gasteiger partial charge in [0.15, 0.2) is 0 Å². The molecule has 0 bridgehead atoms. The first-order valence-corrected chi connectivity index (χ1v) is 10.6. The molecule has 33 heavy (non-hydrogen) atoms. The molecule has 4 atom stereocenters. The lowest BCUT2D eigenvalue weighted by Gasteiger charge is -2.29. The highest BCUT2D eigenvalue weighted by Crippen LogP contribution is 2.37. The highest BCUT2D eigenvalue weighted by atomic mass is 16.6. The number of rotatable bonds is 6. The molecular formula is C24H30O9. The monoisotopic (exact) mass is 462 g/mol. The molecule has 9 heteroatoms. The fraction of sp³-hybridized carbons (Fsp3) is 0.500. The Morgan fingerprint density at radius 1 is 1.21 bits per heavy atom. The van der Waals surface area contributed by atoms with E-state index >= 15 is 0 Å². The average molecular weight is 462 g/mol. The van der Waals surface area contributed by atoms with Crippen LogP contribution >= 0.6 is 0 Å². The smallest absolute Gasteiger partial charge is 0.334 e. The van der Waals surface area contributed by atoms with Crippen LogP contribution in [0.3, 0.4) is 0 Å². The topological polar surface area (TPSA) is 125 Å². The molecule has 0 aromatic carbocycles. The number of esters is 4. The minimum atomic E-state index is -0.861. The zero-order valence-corrected chi connectivity index (χ0v) is 19.3. The molecule has 1 aliphatic heterocycles. The van der Waals surface area contributed by atoms with E-state index in [2.05, 4.69) is 6.58 Å². The average Bonchev–Trinajstić information content (AvgIpc) is 3.00. The van der Waals surface area contributed by atoms with Gasteiger partial charge in [-0.3, -0.25) is 9.59 Å². The highest BCUT2D eigenvalue weighted by molar-refractivity contribution is 5.92. The summed E-state index contributed by atoms with van der Waals surface area (Å²) in [7, 11) is 0. The lowest BCUT2D eigenvalue weighted by atomic mass is 9.85. The zero-order valence-electron chi connectivity index (χ0n) is 19.3. The fourth-order valence-electron chi connectivity index (χ4n) is 3.69. The predicted octanol–water partition coefficient (Wildman–Crippen LogP) is 2.10. The van der Waals surface area contributed by atoms with Crippen molar-refractivity contribution in [3.05, 3.63) is 47.1 Å². The van der Waals surface area contributed by atoms with Crippen molar-refractivity contribution < 1.29 is 43.2 Å². The Hall–Kier alpha value is -3.20. The van der Waals surface area contributed by atoms with Crippen LogP contribution in [0.25, 0.3) is 0 Å². The van der Waals surface area contributed by atoms with Crippen LogP contribution in [0.5, 0.6) is 0 Å². The Morgan fingerprint density at radius 2 is 1.91 bits per heavy atom. The van der Waals surface area contributed by atoms with Crippen molar-refractivity contribution in [1.29, 1.82) is 0 Å². The van der Waals surface area contributed by atoms with Gasteiger partial charge in [-0.2, -0.15) is 0 Å². The zero-order chi connectivity index (χ0) is 24.7. The molecule has 1 heterocycles. The third-order valence-corrected chi connectivity index (χ3v) is 5.43. The third kappa shape index (κ3) is 7.15. The summed E-state index contributed by atoms with van der Waals surface area (Å²) in [5.74, 6) is -2.95. The Balaban J connectivity index is 2.50. The number of hydrogen-bond acceptors (Lipinski definition) is 9. The lowest BCUT2D eigenvalue weighted by molar-refractivity contribution is -0.148. The number of carbonyl (C=O) groups excluding carboxylic acids is 4. The molecule has 180 valence electrons. The van der Waals surface area contributed by atoms with E-state index in [1.807, 2.05) is 0 Å². The summed E-state index contributed by atoms with van der Waals surface area (Å²) >= 11 is 0. The van der Waals surface area contributed by atoms with Gasteiger partial charge in [-0.1, -0.05) is 12.7 Å². The Morgan fingerprint density at radius 3 is 2.52 bits per heavy atom. The van der Waals surface area contributed by atoms with E-state index in [1.165, 1.54) is 26.8 Å². The Labute approximate surface area is 192 Å². The van der Waals surface area contributed by atoms with Gasteiger partial charge in [0.1, 0.15) is 24.9 Å². The summed E-state index contributed by atoms with van der Waals surface area (Å²) in [6, 6.07) is 0. The molecule has 1 aliphatic carbocycles. The number of aliphatic hydroxyl groups excluding tert-OH is 1. The van der Waals surface area contributed by atoms with Crippen LogP contribution in [0.1, 0.15) is 40.5 Å². The maximum absolute atomic E-state index is 12.6. The van der Waals surface area contributed by atoms with Crippen LogP contribution in [0.4, 0.5) is 0 Å². The summed E-state index contributed by atoms with van der Waals surface area (Å²) < 4.78 is 21.8. The molecule has 1 saturated heterocycles. The van der Waals surface area contributed by atoms with Crippen molar-refractivity contribution in [2.45, 2.75) is 58.8 Å². The molecule has 0 aromatic rings. The van der Waals surface area contributed by atoms with Crippen LogP contribution in [0.2, 0.25) is 0 Å². The molecular weight excluding hydrogens is 432 g/mol. The highest BCUT2D eigenvalue weighted by Gasteiger charge is 2.45. The first kappa shape index (κ1) is 26.1. The number of hydrogen-bond donors (Lipinski definition) is 1. The molecule has 2 aliphatic rings. The van der Waals surface area contributed by atoms with Crippen molar-refractivity contribution in [2.24, 2.45) is 5.92 Å². The largest absolute Gasteiger partial charge is 0.461 e. The van der Waals surface area contributed by atoms with E-state index in [1.54, 1.807) is 19.1 Å². The van der Waals surface area contributed by atoms with Crippen LogP contribution in [-0.4, -0.2) is 60.5 Å². The van der Waals surface area contributed by atoms with Crippen LogP contribution < -0.4 is 0 Å². The molecule has 0 spiro atoms. The summed E-state index contributed by atoms with van der Waals surface area (Å²) in [6.07, 6.45) is 2.90. The van der Waals surface area contributed by atoms with Gasteiger partial charge >= 0.3 is 23.9 Å². The predicted molar refractivity (Wildman–Crippen MR) is 116 cm³/mol. The SMILES string of the molecule is C=C1C(=O)O[C@@H]2C=C(C)[C@@H](OC(C)=O)C/C=C(/COC(C)=O)C[C@@H](OC(=O)/C(C)=C/CO)[C@@H]12. The fourth-order valence-corrected chi connectivity index (χ4v) is 3.69. The van der Waals surface area contributed by atoms with Crippen molar-refractivity contribution >= 4 is 23.9 Å². The maximum Gasteiger partial charge on any atom is 0.334 e. The molecule has 1 fully saturated rings. The second-order valence-corrected chi connectivity index (χ2v) is 8.03. The van der Waals surface area contributed by atoms with Gasteiger partial charge in [-0.15, -0.1) is 0 Å². The molecule has 0 amide bonds. The summed E-state index contributed by atoms with van der Waals surface area (Å²) in [5, 5.41) is 9.09. The van der Waals surface area contributed by atoms with E-state index in [0.29, 0.717) is 11.1 Å². The normalized spacial score (nSPS) is 27.4. The van der Waals surface area contributed by atoms with E-state index in [0.717, 1.165) is 0 Å². The van der Waals surface area contributed by atoms with Crippen molar-refractivity contribution in [3.63, 3.8) is 0 Å². The quantitative estimate of drug-likeness (QED) is 0.273. The minimum absolute atomic E-state index is 0.0664. The maximum atomic E-state index is 12.6. The standard InChI is InChI=1S/C24H30O9/c1-13(8-9-25)23(28)32-21-11-18(12-30-16(4)26)6-7-19(31-17(5)27)14(2)10-20-22(21)15(3)24(29)33-20/h6,8,10,19-22,25H,3,7,9,11-12H2,1-2,4-5H3/b13-8+,14-10?,18-6+/t19-,20+,21+,22-/m0/s1. The molecule has 0 saturated carbocycles. The summed E-state index contributed by atoms with van der Waals surface area (Å²) in [6.45, 7) is 9.26. The number of aliphatic hydroxyl groups is 1.